The molecule has 1 aromatic rings. The lowest BCUT2D eigenvalue weighted by molar-refractivity contribution is -0.129. The number of allylic oxidation sites excluding steroid dienone is 2. The van der Waals surface area contributed by atoms with Crippen LogP contribution in [0.15, 0.2) is 39.9 Å². The Morgan fingerprint density at radius 1 is 1.42 bits per heavy atom. The van der Waals surface area contributed by atoms with Crippen LogP contribution in [0, 0.1) is 0 Å². The van der Waals surface area contributed by atoms with Gasteiger partial charge < -0.3 is 9.73 Å². The average Bonchev–Trinajstić information content (AvgIpc) is 3.25. The Bertz CT molecular complexity index is 886. The molecular formula is C16H16N2O6S2. The Labute approximate surface area is 154 Å². The third kappa shape index (κ3) is 4.44. The number of sulfone groups is 1. The first kappa shape index (κ1) is 18.5. The van der Waals surface area contributed by atoms with Crippen molar-refractivity contribution < 1.29 is 27.2 Å². The van der Waals surface area contributed by atoms with Crippen LogP contribution in [-0.4, -0.2) is 54.5 Å². The summed E-state index contributed by atoms with van der Waals surface area (Å²) >= 11 is 0.744. The maximum Gasteiger partial charge on any atom is 0.294 e. The number of hydrogen-bond acceptors (Lipinski definition) is 7. The first-order valence-corrected chi connectivity index (χ1v) is 10.4. The zero-order valence-electron chi connectivity index (χ0n) is 13.6. The first-order chi connectivity index (χ1) is 12.3. The van der Waals surface area contributed by atoms with Gasteiger partial charge >= 0.3 is 0 Å². The van der Waals surface area contributed by atoms with Crippen molar-refractivity contribution in [3.8, 4) is 0 Å². The zero-order chi connectivity index (χ0) is 18.7. The molecule has 2 fully saturated rings. The second-order valence-electron chi connectivity index (χ2n) is 5.83. The number of imide groups is 1. The number of nitrogens with one attached hydrogen (secondary N) is 1. The number of carbonyl (C=O) groups is 3. The van der Waals surface area contributed by atoms with Gasteiger partial charge in [0.25, 0.3) is 11.1 Å². The third-order valence-corrected chi connectivity index (χ3v) is 6.52. The summed E-state index contributed by atoms with van der Waals surface area (Å²) < 4.78 is 27.9. The third-order valence-electron chi connectivity index (χ3n) is 3.82. The fourth-order valence-corrected chi connectivity index (χ4v) is 5.06. The highest BCUT2D eigenvalue weighted by molar-refractivity contribution is 8.18. The van der Waals surface area contributed by atoms with E-state index in [0.29, 0.717) is 12.2 Å². The minimum Gasteiger partial charge on any atom is -0.465 e. The van der Waals surface area contributed by atoms with E-state index in [9.17, 15) is 22.8 Å². The highest BCUT2D eigenvalue weighted by Crippen LogP contribution is 2.30. The normalized spacial score (nSPS) is 24.1. The average molecular weight is 396 g/mol. The SMILES string of the molecule is O=C(CN1C(=O)SC(=CC=Cc2ccco2)C1=O)NC1CCS(=O)(=O)C1. The summed E-state index contributed by atoms with van der Waals surface area (Å²) in [5, 5.41) is 2.02. The van der Waals surface area contributed by atoms with E-state index in [1.165, 1.54) is 12.3 Å². The standard InChI is InChI=1S/C16H16N2O6S2/c19-14(17-11-6-8-26(22,23)10-11)9-18-15(20)13(25-16(18)21)5-1-3-12-4-2-7-24-12/h1-5,7,11H,6,8-10H2,(H,17,19). The molecule has 138 valence electrons. The van der Waals surface area contributed by atoms with Gasteiger partial charge in [-0.25, -0.2) is 8.42 Å². The first-order valence-electron chi connectivity index (χ1n) is 7.79. The molecule has 0 bridgehead atoms. The summed E-state index contributed by atoms with van der Waals surface area (Å²) in [6.45, 7) is -0.430. The van der Waals surface area contributed by atoms with Crippen molar-refractivity contribution in [3.05, 3.63) is 41.2 Å². The van der Waals surface area contributed by atoms with Crippen LogP contribution in [-0.2, 0) is 19.4 Å². The lowest BCUT2D eigenvalue weighted by Gasteiger charge is -2.15. The highest BCUT2D eigenvalue weighted by Gasteiger charge is 2.37. The minimum atomic E-state index is -3.12. The molecule has 8 nitrogen and oxygen atoms in total. The van der Waals surface area contributed by atoms with Crippen molar-refractivity contribution in [2.24, 2.45) is 0 Å². The summed E-state index contributed by atoms with van der Waals surface area (Å²) in [7, 11) is -3.12. The molecule has 10 heteroatoms. The van der Waals surface area contributed by atoms with Crippen molar-refractivity contribution in [1.29, 1.82) is 0 Å². The van der Waals surface area contributed by atoms with E-state index in [4.69, 9.17) is 4.42 Å². The van der Waals surface area contributed by atoms with E-state index in [2.05, 4.69) is 5.32 Å². The van der Waals surface area contributed by atoms with Gasteiger partial charge in [0, 0.05) is 6.04 Å². The molecule has 3 heterocycles. The van der Waals surface area contributed by atoms with Gasteiger partial charge in [-0.1, -0.05) is 6.08 Å². The molecule has 1 atom stereocenters. The van der Waals surface area contributed by atoms with Crippen LogP contribution < -0.4 is 5.32 Å². The Balaban J connectivity index is 1.57. The quantitative estimate of drug-likeness (QED) is 0.743. The van der Waals surface area contributed by atoms with E-state index in [0.717, 1.165) is 16.7 Å². The fourth-order valence-electron chi connectivity index (χ4n) is 2.59. The van der Waals surface area contributed by atoms with Crippen molar-refractivity contribution in [1.82, 2.24) is 10.2 Å². The Kier molecular flexibility index (Phi) is 5.33. The number of amides is 3. The lowest BCUT2D eigenvalue weighted by atomic mass is 10.2. The van der Waals surface area contributed by atoms with Gasteiger partial charge in [0.2, 0.25) is 5.91 Å². The highest BCUT2D eigenvalue weighted by atomic mass is 32.2. The van der Waals surface area contributed by atoms with Gasteiger partial charge in [-0.2, -0.15) is 0 Å². The largest absolute Gasteiger partial charge is 0.465 e. The predicted octanol–water partition coefficient (Wildman–Crippen LogP) is 1.18. The molecule has 1 N–H and O–H groups in total. The van der Waals surface area contributed by atoms with Gasteiger partial charge in [-0.15, -0.1) is 0 Å². The second-order valence-corrected chi connectivity index (χ2v) is 9.05. The van der Waals surface area contributed by atoms with Crippen LogP contribution in [0.5, 0.6) is 0 Å². The van der Waals surface area contributed by atoms with Crippen LogP contribution in [0.1, 0.15) is 12.2 Å². The van der Waals surface area contributed by atoms with E-state index in [1.807, 2.05) is 0 Å². The molecule has 3 amide bonds. The van der Waals surface area contributed by atoms with Gasteiger partial charge in [-0.05, 0) is 42.5 Å². The number of hydrogen-bond donors (Lipinski definition) is 1. The smallest absolute Gasteiger partial charge is 0.294 e. The number of rotatable bonds is 5. The summed E-state index contributed by atoms with van der Waals surface area (Å²) in [4.78, 5) is 37.3. The predicted molar refractivity (Wildman–Crippen MR) is 95.7 cm³/mol. The van der Waals surface area contributed by atoms with E-state index < -0.39 is 39.5 Å². The van der Waals surface area contributed by atoms with Crippen LogP contribution in [0.25, 0.3) is 6.08 Å². The van der Waals surface area contributed by atoms with Crippen molar-refractivity contribution in [2.75, 3.05) is 18.1 Å². The fraction of sp³-hybridized carbons (Fsp3) is 0.312. The maximum atomic E-state index is 12.3. The molecule has 1 aromatic heterocycles. The molecule has 2 aliphatic heterocycles. The van der Waals surface area contributed by atoms with E-state index in [1.54, 1.807) is 24.3 Å². The summed E-state index contributed by atoms with van der Waals surface area (Å²) in [6, 6.07) is 2.99. The van der Waals surface area contributed by atoms with E-state index in [-0.39, 0.29) is 16.4 Å². The molecule has 0 aromatic carbocycles. The number of carbonyl (C=O) groups excluding carboxylic acids is 3. The molecule has 0 saturated carbocycles. The Morgan fingerprint density at radius 2 is 2.23 bits per heavy atom. The minimum absolute atomic E-state index is 0.0320. The topological polar surface area (TPSA) is 114 Å². The van der Waals surface area contributed by atoms with Crippen LogP contribution >= 0.6 is 11.8 Å². The van der Waals surface area contributed by atoms with Crippen molar-refractivity contribution in [3.63, 3.8) is 0 Å². The molecule has 26 heavy (non-hydrogen) atoms. The molecule has 2 aliphatic rings. The second kappa shape index (κ2) is 7.50. The van der Waals surface area contributed by atoms with Crippen LogP contribution in [0.2, 0.25) is 0 Å². The Hall–Kier alpha value is -2.33. The van der Waals surface area contributed by atoms with Gasteiger partial charge in [-0.3, -0.25) is 19.3 Å². The lowest BCUT2D eigenvalue weighted by Crippen LogP contribution is -2.43. The summed E-state index contributed by atoms with van der Waals surface area (Å²) in [5.74, 6) is -0.589. The molecule has 0 spiro atoms. The molecule has 1 unspecified atom stereocenters. The molecule has 2 saturated heterocycles. The zero-order valence-corrected chi connectivity index (χ0v) is 15.2. The number of thioether (sulfide) groups is 1. The monoisotopic (exact) mass is 396 g/mol. The van der Waals surface area contributed by atoms with Gasteiger partial charge in [0.05, 0.1) is 22.7 Å². The number of nitrogens with zero attached hydrogens (tertiary/aromatic N) is 1. The Morgan fingerprint density at radius 3 is 2.88 bits per heavy atom. The number of furan rings is 1. The van der Waals surface area contributed by atoms with Crippen molar-refractivity contribution >= 4 is 44.7 Å². The summed E-state index contributed by atoms with van der Waals surface area (Å²) in [5.41, 5.74) is 0. The molecule has 3 rings (SSSR count). The maximum absolute atomic E-state index is 12.3. The summed E-state index contributed by atoms with van der Waals surface area (Å²) in [6.07, 6.45) is 6.56. The van der Waals surface area contributed by atoms with Gasteiger partial charge in [0.15, 0.2) is 9.84 Å². The molecular weight excluding hydrogens is 380 g/mol. The van der Waals surface area contributed by atoms with Crippen molar-refractivity contribution in [2.45, 2.75) is 12.5 Å². The van der Waals surface area contributed by atoms with Gasteiger partial charge in [0.1, 0.15) is 12.3 Å². The molecule has 0 aliphatic carbocycles. The molecule has 0 radical (unpaired) electrons. The van der Waals surface area contributed by atoms with Crippen LogP contribution in [0.4, 0.5) is 4.79 Å². The van der Waals surface area contributed by atoms with E-state index >= 15 is 0 Å². The van der Waals surface area contributed by atoms with Crippen LogP contribution in [0.3, 0.4) is 0 Å².